The first-order valence-corrected chi connectivity index (χ1v) is 13.4. The van der Waals surface area contributed by atoms with Crippen LogP contribution in [0.1, 0.15) is 45.4 Å². The van der Waals surface area contributed by atoms with Crippen molar-refractivity contribution < 1.29 is 4.42 Å². The van der Waals surface area contributed by atoms with Crippen LogP contribution in [0, 0.1) is 27.7 Å². The first kappa shape index (κ1) is 25.1. The van der Waals surface area contributed by atoms with E-state index in [-0.39, 0.29) is 5.56 Å². The van der Waals surface area contributed by atoms with Gasteiger partial charge in [-0.1, -0.05) is 24.3 Å². The number of nitrogens with one attached hydrogen (secondary N) is 1. The molecule has 6 rings (SSSR count). The molecule has 9 heteroatoms. The molecule has 0 aliphatic carbocycles. The van der Waals surface area contributed by atoms with Gasteiger partial charge in [0.2, 0.25) is 0 Å². The number of aromatic nitrogens is 5. The van der Waals surface area contributed by atoms with Crippen LogP contribution in [0.25, 0.3) is 10.9 Å². The number of hydrogen-bond donors (Lipinski definition) is 1. The maximum atomic E-state index is 13.7. The Hall–Kier alpha value is -4.24. The summed E-state index contributed by atoms with van der Waals surface area (Å²) in [5.74, 6) is 1.38. The third-order valence-corrected chi connectivity index (χ3v) is 8.05. The second-order valence-corrected chi connectivity index (χ2v) is 10.5. The number of aromatic amines is 1. The van der Waals surface area contributed by atoms with E-state index in [1.807, 2.05) is 31.2 Å². The van der Waals surface area contributed by atoms with Crippen LogP contribution in [0.15, 0.2) is 64.0 Å². The average Bonchev–Trinajstić information content (AvgIpc) is 3.62. The number of fused-ring (bicyclic) bond motifs is 1. The summed E-state index contributed by atoms with van der Waals surface area (Å²) in [5, 5.41) is 13.8. The molecule has 5 aromatic rings. The van der Waals surface area contributed by atoms with Gasteiger partial charge in [0, 0.05) is 42.8 Å². The fraction of sp³-hybridized carbons (Fsp3) is 0.333. The molecular weight excluding hydrogens is 490 g/mol. The summed E-state index contributed by atoms with van der Waals surface area (Å²) >= 11 is 0. The van der Waals surface area contributed by atoms with Crippen LogP contribution in [0.5, 0.6) is 0 Å². The topological polar surface area (TPSA) is 96.1 Å². The molecule has 1 atom stereocenters. The van der Waals surface area contributed by atoms with Gasteiger partial charge in [-0.2, -0.15) is 0 Å². The number of rotatable bonds is 6. The molecule has 1 saturated heterocycles. The van der Waals surface area contributed by atoms with Gasteiger partial charge >= 0.3 is 0 Å². The van der Waals surface area contributed by atoms with Crippen molar-refractivity contribution in [3.63, 3.8) is 0 Å². The minimum Gasteiger partial charge on any atom is -0.467 e. The smallest absolute Gasteiger partial charge is 0.253 e. The Balaban J connectivity index is 1.41. The molecule has 200 valence electrons. The fourth-order valence-corrected chi connectivity index (χ4v) is 5.66. The Bertz CT molecular complexity index is 1680. The van der Waals surface area contributed by atoms with E-state index in [0.717, 1.165) is 54.0 Å². The minimum absolute atomic E-state index is 0.120. The number of hydrogen-bond acceptors (Lipinski definition) is 7. The van der Waals surface area contributed by atoms with E-state index in [1.165, 1.54) is 16.8 Å². The molecule has 3 aromatic heterocycles. The van der Waals surface area contributed by atoms with Crippen LogP contribution >= 0.6 is 0 Å². The highest BCUT2D eigenvalue weighted by Crippen LogP contribution is 2.31. The number of H-pyrrole nitrogens is 1. The van der Waals surface area contributed by atoms with Crippen LogP contribution in [0.2, 0.25) is 0 Å². The molecule has 0 saturated carbocycles. The molecule has 0 bridgehead atoms. The number of nitrogens with zero attached hydrogens (tertiary/aromatic N) is 6. The SMILES string of the molecule is Cc1cccc(N2CCN([C@H](c3cc4c(C)ccc(C)c4[nH]c3=O)c3nnnn3Cc3ccco3)CC2)c1C. The minimum atomic E-state index is -0.413. The normalized spacial score (nSPS) is 15.2. The first-order chi connectivity index (χ1) is 18.9. The maximum Gasteiger partial charge on any atom is 0.253 e. The highest BCUT2D eigenvalue weighted by Gasteiger charge is 2.33. The molecule has 2 aromatic carbocycles. The van der Waals surface area contributed by atoms with Crippen LogP contribution in [-0.4, -0.2) is 56.3 Å². The average molecular weight is 524 g/mol. The quantitative estimate of drug-likeness (QED) is 0.354. The van der Waals surface area contributed by atoms with Gasteiger partial charge in [0.15, 0.2) is 5.82 Å². The zero-order valence-corrected chi connectivity index (χ0v) is 22.8. The number of aryl methyl sites for hydroxylation is 3. The van der Waals surface area contributed by atoms with Crippen LogP contribution in [0.3, 0.4) is 0 Å². The molecule has 0 radical (unpaired) electrons. The van der Waals surface area contributed by atoms with Gasteiger partial charge in [0.1, 0.15) is 18.3 Å². The van der Waals surface area contributed by atoms with E-state index >= 15 is 0 Å². The fourth-order valence-electron chi connectivity index (χ4n) is 5.66. The monoisotopic (exact) mass is 523 g/mol. The lowest BCUT2D eigenvalue weighted by Crippen LogP contribution is -2.49. The zero-order chi connectivity index (χ0) is 27.1. The predicted molar refractivity (Wildman–Crippen MR) is 151 cm³/mol. The third-order valence-electron chi connectivity index (χ3n) is 8.05. The Kier molecular flexibility index (Phi) is 6.52. The van der Waals surface area contributed by atoms with Crippen LogP contribution in [-0.2, 0) is 6.54 Å². The van der Waals surface area contributed by atoms with Crippen molar-refractivity contribution in [1.82, 2.24) is 30.1 Å². The summed E-state index contributed by atoms with van der Waals surface area (Å²) in [5.41, 5.74) is 7.42. The standard InChI is InChI=1S/C30H33N7O2/c1-19-7-5-9-26(22(19)4)35-12-14-36(15-13-35)28(29-32-33-34-37(29)18-23-8-6-16-39-23)25-17-24-20(2)10-11-21(3)27(24)31-30(25)38/h5-11,16-17,28H,12-15,18H2,1-4H3,(H,31,38)/t28-/m1/s1. The van der Waals surface area contributed by atoms with Crippen molar-refractivity contribution in [2.75, 3.05) is 31.1 Å². The van der Waals surface area contributed by atoms with E-state index in [1.54, 1.807) is 10.9 Å². The van der Waals surface area contributed by atoms with Crippen molar-refractivity contribution in [3.8, 4) is 0 Å². The summed E-state index contributed by atoms with van der Waals surface area (Å²) < 4.78 is 7.33. The molecule has 1 fully saturated rings. The lowest BCUT2D eigenvalue weighted by molar-refractivity contribution is 0.200. The number of pyridine rings is 1. The summed E-state index contributed by atoms with van der Waals surface area (Å²) in [6, 6.07) is 16.0. The van der Waals surface area contributed by atoms with Gasteiger partial charge < -0.3 is 14.3 Å². The maximum absolute atomic E-state index is 13.7. The molecule has 1 aliphatic rings. The first-order valence-electron chi connectivity index (χ1n) is 13.4. The molecular formula is C30H33N7O2. The molecule has 0 spiro atoms. The van der Waals surface area contributed by atoms with Crippen LogP contribution in [0.4, 0.5) is 5.69 Å². The largest absolute Gasteiger partial charge is 0.467 e. The Morgan fingerprint density at radius 3 is 2.51 bits per heavy atom. The molecule has 1 N–H and O–H groups in total. The summed E-state index contributed by atoms with van der Waals surface area (Å²) in [6.07, 6.45) is 1.64. The van der Waals surface area contributed by atoms with Gasteiger partial charge in [-0.25, -0.2) is 4.68 Å². The summed E-state index contributed by atoms with van der Waals surface area (Å²) in [4.78, 5) is 21.6. The summed E-state index contributed by atoms with van der Waals surface area (Å²) in [6.45, 7) is 12.0. The van der Waals surface area contributed by atoms with Crippen molar-refractivity contribution in [2.45, 2.75) is 40.3 Å². The van der Waals surface area contributed by atoms with Gasteiger partial charge in [-0.15, -0.1) is 5.10 Å². The summed E-state index contributed by atoms with van der Waals surface area (Å²) in [7, 11) is 0. The lowest BCUT2D eigenvalue weighted by Gasteiger charge is -2.40. The Labute approximate surface area is 227 Å². The molecule has 1 aliphatic heterocycles. The second-order valence-electron chi connectivity index (χ2n) is 10.5. The number of benzene rings is 2. The zero-order valence-electron chi connectivity index (χ0n) is 22.8. The molecule has 4 heterocycles. The molecule has 39 heavy (non-hydrogen) atoms. The third kappa shape index (κ3) is 4.63. The Morgan fingerprint density at radius 2 is 1.74 bits per heavy atom. The van der Waals surface area contributed by atoms with E-state index in [2.05, 4.69) is 75.3 Å². The number of furan rings is 1. The van der Waals surface area contributed by atoms with Crippen molar-refractivity contribution >= 4 is 16.6 Å². The van der Waals surface area contributed by atoms with Gasteiger partial charge in [0.05, 0.1) is 11.8 Å². The van der Waals surface area contributed by atoms with Crippen LogP contribution < -0.4 is 10.5 Å². The van der Waals surface area contributed by atoms with Gasteiger partial charge in [-0.05, 0) is 84.6 Å². The second kappa shape index (κ2) is 10.1. The number of anilines is 1. The van der Waals surface area contributed by atoms with Crippen molar-refractivity contribution in [3.05, 3.63) is 105 Å². The van der Waals surface area contributed by atoms with E-state index < -0.39 is 6.04 Å². The molecule has 0 amide bonds. The van der Waals surface area contributed by atoms with E-state index in [4.69, 9.17) is 4.42 Å². The molecule has 0 unspecified atom stereocenters. The Morgan fingerprint density at radius 1 is 0.949 bits per heavy atom. The predicted octanol–water partition coefficient (Wildman–Crippen LogP) is 4.30. The van der Waals surface area contributed by atoms with E-state index in [0.29, 0.717) is 17.9 Å². The molecule has 9 nitrogen and oxygen atoms in total. The van der Waals surface area contributed by atoms with E-state index in [9.17, 15) is 4.79 Å². The van der Waals surface area contributed by atoms with Crippen molar-refractivity contribution in [1.29, 1.82) is 0 Å². The van der Waals surface area contributed by atoms with Gasteiger partial charge in [0.25, 0.3) is 5.56 Å². The number of tetrazole rings is 1. The number of piperazine rings is 1. The highest BCUT2D eigenvalue weighted by molar-refractivity contribution is 5.85. The van der Waals surface area contributed by atoms with Gasteiger partial charge in [-0.3, -0.25) is 9.69 Å². The van der Waals surface area contributed by atoms with Crippen molar-refractivity contribution in [2.24, 2.45) is 0 Å². The highest BCUT2D eigenvalue weighted by atomic mass is 16.3. The lowest BCUT2D eigenvalue weighted by atomic mass is 9.99.